The standard InChI is InChI=1S/C16H15F3N4O4S/c1-10-7-23(8-15(27-10,16(17,18)19)9-28(24,25)26)12-3-2-11(6-20)13-14(12)22-5-4-21-13/h2-5,10H,7-9H2,1H3,(H,24,25,26)/t10-,15+/m1/s1. The highest BCUT2D eigenvalue weighted by Crippen LogP contribution is 2.41. The summed E-state index contributed by atoms with van der Waals surface area (Å²) in [6, 6.07) is 4.78. The number of rotatable bonds is 3. The van der Waals surface area contributed by atoms with Gasteiger partial charge in [0.05, 0.1) is 23.9 Å². The van der Waals surface area contributed by atoms with E-state index in [4.69, 9.17) is 9.29 Å². The second-order valence-electron chi connectivity index (χ2n) is 6.52. The quantitative estimate of drug-likeness (QED) is 0.755. The minimum Gasteiger partial charge on any atom is -0.364 e. The zero-order valence-electron chi connectivity index (χ0n) is 14.5. The molecule has 8 nitrogen and oxygen atoms in total. The van der Waals surface area contributed by atoms with Crippen molar-refractivity contribution in [2.75, 3.05) is 23.7 Å². The zero-order valence-corrected chi connectivity index (χ0v) is 15.3. The lowest BCUT2D eigenvalue weighted by atomic mass is 10.0. The third kappa shape index (κ3) is 3.73. The van der Waals surface area contributed by atoms with Crippen LogP contribution in [0.5, 0.6) is 0 Å². The van der Waals surface area contributed by atoms with Crippen LogP contribution in [0.2, 0.25) is 0 Å². The molecule has 2 heterocycles. The predicted molar refractivity (Wildman–Crippen MR) is 92.2 cm³/mol. The average molecular weight is 416 g/mol. The third-order valence-corrected chi connectivity index (χ3v) is 5.18. The molecule has 1 aromatic carbocycles. The number of hydrogen-bond donors (Lipinski definition) is 1. The molecular formula is C16H15F3N4O4S. The van der Waals surface area contributed by atoms with Crippen molar-refractivity contribution in [1.29, 1.82) is 5.26 Å². The van der Waals surface area contributed by atoms with Gasteiger partial charge in [0.2, 0.25) is 0 Å². The summed E-state index contributed by atoms with van der Waals surface area (Å²) in [7, 11) is -4.99. The van der Waals surface area contributed by atoms with E-state index in [1.165, 1.54) is 36.4 Å². The van der Waals surface area contributed by atoms with Crippen molar-refractivity contribution < 1.29 is 30.9 Å². The number of alkyl halides is 3. The van der Waals surface area contributed by atoms with Crippen LogP contribution in [0.1, 0.15) is 12.5 Å². The Morgan fingerprint density at radius 2 is 2.00 bits per heavy atom. The first kappa shape index (κ1) is 20.2. The van der Waals surface area contributed by atoms with Gasteiger partial charge in [0.1, 0.15) is 22.9 Å². The van der Waals surface area contributed by atoms with Gasteiger partial charge in [-0.15, -0.1) is 0 Å². The van der Waals surface area contributed by atoms with E-state index in [1.807, 2.05) is 6.07 Å². The van der Waals surface area contributed by atoms with Crippen LogP contribution in [0, 0.1) is 11.3 Å². The first-order valence-corrected chi connectivity index (χ1v) is 9.65. The normalized spacial score (nSPS) is 23.6. The van der Waals surface area contributed by atoms with E-state index in [1.54, 1.807) is 0 Å². The second kappa shape index (κ2) is 6.84. The van der Waals surface area contributed by atoms with Crippen molar-refractivity contribution in [3.05, 3.63) is 30.1 Å². The maximum atomic E-state index is 13.8. The van der Waals surface area contributed by atoms with Crippen LogP contribution in [-0.4, -0.2) is 59.7 Å². The third-order valence-electron chi connectivity index (χ3n) is 4.35. The number of ether oxygens (including phenoxy) is 1. The highest BCUT2D eigenvalue weighted by molar-refractivity contribution is 7.85. The molecule has 28 heavy (non-hydrogen) atoms. The molecule has 0 amide bonds. The van der Waals surface area contributed by atoms with E-state index >= 15 is 0 Å². The average Bonchev–Trinajstić information content (AvgIpc) is 2.57. The molecule has 2 aromatic rings. The van der Waals surface area contributed by atoms with Gasteiger partial charge in [-0.25, -0.2) is 0 Å². The number of aromatic nitrogens is 2. The Balaban J connectivity index is 2.14. The van der Waals surface area contributed by atoms with Crippen LogP contribution in [-0.2, 0) is 14.9 Å². The number of nitriles is 1. The van der Waals surface area contributed by atoms with Crippen molar-refractivity contribution in [2.24, 2.45) is 0 Å². The van der Waals surface area contributed by atoms with Gasteiger partial charge in [0.15, 0.2) is 5.60 Å². The molecule has 0 aliphatic carbocycles. The molecule has 1 aliphatic heterocycles. The van der Waals surface area contributed by atoms with Gasteiger partial charge in [0, 0.05) is 18.9 Å². The lowest BCUT2D eigenvalue weighted by molar-refractivity contribution is -0.283. The van der Waals surface area contributed by atoms with Gasteiger partial charge < -0.3 is 9.64 Å². The number of nitrogens with zero attached hydrogens (tertiary/aromatic N) is 4. The van der Waals surface area contributed by atoms with Crippen LogP contribution >= 0.6 is 0 Å². The van der Waals surface area contributed by atoms with Crippen molar-refractivity contribution >= 4 is 26.8 Å². The van der Waals surface area contributed by atoms with Gasteiger partial charge in [-0.05, 0) is 19.1 Å². The maximum absolute atomic E-state index is 13.8. The molecule has 1 aliphatic rings. The summed E-state index contributed by atoms with van der Waals surface area (Å²) in [6.45, 7) is 0.507. The van der Waals surface area contributed by atoms with E-state index in [2.05, 4.69) is 9.97 Å². The summed E-state index contributed by atoms with van der Waals surface area (Å²) in [5, 5.41) is 9.20. The fourth-order valence-corrected chi connectivity index (χ4v) is 4.24. The molecule has 2 atom stereocenters. The Kier molecular flexibility index (Phi) is 4.95. The first-order valence-electron chi connectivity index (χ1n) is 8.04. The topological polar surface area (TPSA) is 116 Å². The molecule has 0 unspecified atom stereocenters. The largest absolute Gasteiger partial charge is 0.420 e. The Hall–Kier alpha value is -2.49. The molecule has 150 valence electrons. The van der Waals surface area contributed by atoms with Gasteiger partial charge in [0.25, 0.3) is 10.1 Å². The van der Waals surface area contributed by atoms with E-state index in [9.17, 15) is 26.9 Å². The van der Waals surface area contributed by atoms with E-state index in [0.717, 1.165) is 0 Å². The lowest BCUT2D eigenvalue weighted by Crippen LogP contribution is -2.65. The minimum absolute atomic E-state index is 0.0148. The number of fused-ring (bicyclic) bond motifs is 1. The minimum atomic E-state index is -5.07. The monoisotopic (exact) mass is 416 g/mol. The number of hydrogen-bond acceptors (Lipinski definition) is 7. The first-order chi connectivity index (χ1) is 13.0. The molecule has 1 N–H and O–H groups in total. The van der Waals surface area contributed by atoms with Crippen molar-refractivity contribution in [1.82, 2.24) is 9.97 Å². The molecule has 12 heteroatoms. The zero-order chi connectivity index (χ0) is 20.7. The fourth-order valence-electron chi connectivity index (χ4n) is 3.33. The van der Waals surface area contributed by atoms with Crippen molar-refractivity contribution in [3.8, 4) is 6.07 Å². The van der Waals surface area contributed by atoms with E-state index in [-0.39, 0.29) is 28.8 Å². The molecule has 1 aromatic heterocycles. The molecule has 1 fully saturated rings. The van der Waals surface area contributed by atoms with E-state index < -0.39 is 40.3 Å². The SMILES string of the molecule is C[C@@H]1CN(c2ccc(C#N)c3nccnc23)C[C@](CS(=O)(=O)O)(C(F)(F)F)O1. The molecule has 0 bridgehead atoms. The summed E-state index contributed by atoms with van der Waals surface area (Å²) < 4.78 is 78.2. The Labute approximate surface area is 158 Å². The molecule has 0 saturated carbocycles. The van der Waals surface area contributed by atoms with E-state index in [0.29, 0.717) is 0 Å². The summed E-state index contributed by atoms with van der Waals surface area (Å²) in [6.07, 6.45) is -3.37. The maximum Gasteiger partial charge on any atom is 0.420 e. The summed E-state index contributed by atoms with van der Waals surface area (Å²) in [4.78, 5) is 9.48. The summed E-state index contributed by atoms with van der Waals surface area (Å²) in [5.41, 5.74) is -2.25. The second-order valence-corrected chi connectivity index (χ2v) is 7.98. The molecule has 0 radical (unpaired) electrons. The molecular weight excluding hydrogens is 401 g/mol. The Bertz CT molecular complexity index is 1050. The Morgan fingerprint density at radius 1 is 1.36 bits per heavy atom. The van der Waals surface area contributed by atoms with Gasteiger partial charge >= 0.3 is 6.18 Å². The van der Waals surface area contributed by atoms with Crippen LogP contribution < -0.4 is 4.90 Å². The van der Waals surface area contributed by atoms with Gasteiger partial charge in [-0.2, -0.15) is 26.9 Å². The smallest absolute Gasteiger partial charge is 0.364 e. The van der Waals surface area contributed by atoms with Crippen LogP contribution in [0.4, 0.5) is 18.9 Å². The van der Waals surface area contributed by atoms with Gasteiger partial charge in [-0.1, -0.05) is 0 Å². The fraction of sp³-hybridized carbons (Fsp3) is 0.438. The predicted octanol–water partition coefficient (Wildman–Crippen LogP) is 1.92. The summed E-state index contributed by atoms with van der Waals surface area (Å²) >= 11 is 0. The summed E-state index contributed by atoms with van der Waals surface area (Å²) in [5.74, 6) is -1.63. The van der Waals surface area contributed by atoms with Crippen LogP contribution in [0.15, 0.2) is 24.5 Å². The van der Waals surface area contributed by atoms with Crippen molar-refractivity contribution in [3.63, 3.8) is 0 Å². The number of benzene rings is 1. The van der Waals surface area contributed by atoms with Crippen LogP contribution in [0.25, 0.3) is 11.0 Å². The lowest BCUT2D eigenvalue weighted by Gasteiger charge is -2.46. The highest BCUT2D eigenvalue weighted by Gasteiger charge is 2.61. The van der Waals surface area contributed by atoms with Crippen LogP contribution in [0.3, 0.4) is 0 Å². The molecule has 1 saturated heterocycles. The molecule has 0 spiro atoms. The number of anilines is 1. The Morgan fingerprint density at radius 3 is 2.57 bits per heavy atom. The number of morpholine rings is 1. The number of halogens is 3. The van der Waals surface area contributed by atoms with Gasteiger partial charge in [-0.3, -0.25) is 14.5 Å². The highest BCUT2D eigenvalue weighted by atomic mass is 32.2. The molecule has 3 rings (SSSR count). The van der Waals surface area contributed by atoms with Crippen molar-refractivity contribution in [2.45, 2.75) is 24.8 Å².